The van der Waals surface area contributed by atoms with Crippen molar-refractivity contribution < 1.29 is 14.0 Å². The highest BCUT2D eigenvalue weighted by atomic mass is 19.1. The first-order valence-corrected chi connectivity index (χ1v) is 11.2. The number of halogens is 1. The first-order chi connectivity index (χ1) is 15.4. The normalized spacial score (nSPS) is 12.9. The first kappa shape index (κ1) is 23.5. The van der Waals surface area contributed by atoms with Gasteiger partial charge in [-0.15, -0.1) is 0 Å². The molecule has 2 amide bonds. The van der Waals surface area contributed by atoms with Gasteiger partial charge in [0.1, 0.15) is 11.9 Å². The largest absolute Gasteiger partial charge is 0.352 e. The van der Waals surface area contributed by atoms with E-state index in [2.05, 4.69) is 11.4 Å². The van der Waals surface area contributed by atoms with Crippen molar-refractivity contribution in [3.63, 3.8) is 0 Å². The van der Waals surface area contributed by atoms with Crippen LogP contribution in [0.4, 0.5) is 4.39 Å². The Kier molecular flexibility index (Phi) is 7.98. The number of hydrogen-bond acceptors (Lipinski definition) is 2. The van der Waals surface area contributed by atoms with Crippen LogP contribution in [-0.4, -0.2) is 28.8 Å². The smallest absolute Gasteiger partial charge is 0.242 e. The summed E-state index contributed by atoms with van der Waals surface area (Å²) in [6.07, 6.45) is 1.58. The average molecular weight is 435 g/mol. The standard InChI is InChI=1S/C27H31FN2O2/c1-4-19(2)29-27(32)20(3)30(18-23-11-6-8-15-25(23)28)26(31)17-16-22-13-9-12-21-10-5-7-14-24(21)22/h5-15,19-20H,4,16-18H2,1-3H3,(H,29,32)/t19-,20+/m0/s1. The maximum Gasteiger partial charge on any atom is 0.242 e. The molecule has 0 bridgehead atoms. The second-order valence-electron chi connectivity index (χ2n) is 8.25. The van der Waals surface area contributed by atoms with E-state index in [9.17, 15) is 14.0 Å². The van der Waals surface area contributed by atoms with Crippen molar-refractivity contribution in [1.29, 1.82) is 0 Å². The number of aryl methyl sites for hydroxylation is 1. The van der Waals surface area contributed by atoms with E-state index in [4.69, 9.17) is 0 Å². The van der Waals surface area contributed by atoms with Crippen LogP contribution in [0.5, 0.6) is 0 Å². The molecule has 3 aromatic carbocycles. The van der Waals surface area contributed by atoms with E-state index in [1.54, 1.807) is 25.1 Å². The summed E-state index contributed by atoms with van der Waals surface area (Å²) in [5.74, 6) is -0.781. The summed E-state index contributed by atoms with van der Waals surface area (Å²) in [6.45, 7) is 5.67. The molecule has 0 fully saturated rings. The Labute approximate surface area is 189 Å². The molecule has 0 aromatic heterocycles. The molecule has 5 heteroatoms. The highest BCUT2D eigenvalue weighted by Gasteiger charge is 2.27. The lowest BCUT2D eigenvalue weighted by Gasteiger charge is -2.30. The van der Waals surface area contributed by atoms with Crippen LogP contribution in [0.1, 0.15) is 44.7 Å². The molecule has 4 nitrogen and oxygen atoms in total. The van der Waals surface area contributed by atoms with Crippen LogP contribution in [0.25, 0.3) is 10.8 Å². The molecule has 32 heavy (non-hydrogen) atoms. The molecule has 0 heterocycles. The zero-order valence-electron chi connectivity index (χ0n) is 19.0. The van der Waals surface area contributed by atoms with E-state index in [-0.39, 0.29) is 36.6 Å². The lowest BCUT2D eigenvalue weighted by atomic mass is 10.0. The van der Waals surface area contributed by atoms with Crippen LogP contribution < -0.4 is 5.32 Å². The second-order valence-corrected chi connectivity index (χ2v) is 8.25. The highest BCUT2D eigenvalue weighted by molar-refractivity contribution is 5.89. The van der Waals surface area contributed by atoms with Crippen molar-refractivity contribution in [2.24, 2.45) is 0 Å². The first-order valence-electron chi connectivity index (χ1n) is 11.2. The Bertz CT molecular complexity index is 1080. The molecular weight excluding hydrogens is 403 g/mol. The molecule has 0 aliphatic carbocycles. The van der Waals surface area contributed by atoms with Gasteiger partial charge in [-0.25, -0.2) is 4.39 Å². The summed E-state index contributed by atoms with van der Waals surface area (Å²) >= 11 is 0. The lowest BCUT2D eigenvalue weighted by molar-refractivity contribution is -0.140. The molecule has 3 rings (SSSR count). The van der Waals surface area contributed by atoms with Gasteiger partial charge in [0.15, 0.2) is 0 Å². The Morgan fingerprint density at radius 3 is 2.34 bits per heavy atom. The minimum Gasteiger partial charge on any atom is -0.352 e. The zero-order chi connectivity index (χ0) is 23.1. The zero-order valence-corrected chi connectivity index (χ0v) is 19.0. The minimum absolute atomic E-state index is 0.00560. The average Bonchev–Trinajstić information content (AvgIpc) is 2.81. The summed E-state index contributed by atoms with van der Waals surface area (Å²) in [5.41, 5.74) is 1.48. The molecule has 0 spiro atoms. The Hall–Kier alpha value is -3.21. The Balaban J connectivity index is 1.80. The summed E-state index contributed by atoms with van der Waals surface area (Å²) in [4.78, 5) is 27.6. The van der Waals surface area contributed by atoms with Crippen molar-refractivity contribution >= 4 is 22.6 Å². The van der Waals surface area contributed by atoms with E-state index in [0.717, 1.165) is 22.8 Å². The molecule has 168 valence electrons. The third kappa shape index (κ3) is 5.72. The van der Waals surface area contributed by atoms with Gasteiger partial charge in [0, 0.05) is 24.6 Å². The van der Waals surface area contributed by atoms with Gasteiger partial charge in [0.25, 0.3) is 0 Å². The topological polar surface area (TPSA) is 49.4 Å². The summed E-state index contributed by atoms with van der Waals surface area (Å²) in [5, 5.41) is 5.18. The van der Waals surface area contributed by atoms with E-state index in [0.29, 0.717) is 12.0 Å². The quantitative estimate of drug-likeness (QED) is 0.500. The van der Waals surface area contributed by atoms with Gasteiger partial charge in [-0.05, 0) is 49.1 Å². The van der Waals surface area contributed by atoms with Gasteiger partial charge >= 0.3 is 0 Å². The maximum atomic E-state index is 14.3. The summed E-state index contributed by atoms with van der Waals surface area (Å²) in [7, 11) is 0. The predicted octanol–water partition coefficient (Wildman–Crippen LogP) is 5.24. The van der Waals surface area contributed by atoms with E-state index in [1.807, 2.05) is 50.2 Å². The fourth-order valence-electron chi connectivity index (χ4n) is 3.75. The van der Waals surface area contributed by atoms with Gasteiger partial charge in [-0.3, -0.25) is 9.59 Å². The third-order valence-corrected chi connectivity index (χ3v) is 5.95. The number of hydrogen-bond donors (Lipinski definition) is 1. The van der Waals surface area contributed by atoms with Crippen molar-refractivity contribution in [1.82, 2.24) is 10.2 Å². The van der Waals surface area contributed by atoms with Crippen molar-refractivity contribution in [3.05, 3.63) is 83.7 Å². The lowest BCUT2D eigenvalue weighted by Crippen LogP contribution is -2.49. The molecule has 0 unspecified atom stereocenters. The third-order valence-electron chi connectivity index (χ3n) is 5.95. The SMILES string of the molecule is CC[C@H](C)NC(=O)[C@@H](C)N(Cc1ccccc1F)C(=O)CCc1cccc2ccccc12. The Morgan fingerprint density at radius 2 is 1.59 bits per heavy atom. The number of carbonyl (C=O) groups excluding carboxylic acids is 2. The highest BCUT2D eigenvalue weighted by Crippen LogP contribution is 2.21. The second kappa shape index (κ2) is 10.9. The fourth-order valence-corrected chi connectivity index (χ4v) is 3.75. The number of carbonyl (C=O) groups is 2. The fraction of sp³-hybridized carbons (Fsp3) is 0.333. The summed E-state index contributed by atoms with van der Waals surface area (Å²) < 4.78 is 14.3. The van der Waals surface area contributed by atoms with Crippen LogP contribution in [-0.2, 0) is 22.6 Å². The van der Waals surface area contributed by atoms with Crippen molar-refractivity contribution in [3.8, 4) is 0 Å². The van der Waals surface area contributed by atoms with Crippen molar-refractivity contribution in [2.75, 3.05) is 0 Å². The van der Waals surface area contributed by atoms with Gasteiger partial charge in [-0.2, -0.15) is 0 Å². The van der Waals surface area contributed by atoms with Crippen LogP contribution in [0.2, 0.25) is 0 Å². The monoisotopic (exact) mass is 434 g/mol. The number of amides is 2. The van der Waals surface area contributed by atoms with Crippen LogP contribution in [0.15, 0.2) is 66.7 Å². The van der Waals surface area contributed by atoms with Crippen molar-refractivity contribution in [2.45, 2.75) is 58.7 Å². The minimum atomic E-state index is -0.705. The van der Waals surface area contributed by atoms with Crippen LogP contribution >= 0.6 is 0 Å². The van der Waals surface area contributed by atoms with E-state index >= 15 is 0 Å². The van der Waals surface area contributed by atoms with E-state index < -0.39 is 6.04 Å². The molecular formula is C27H31FN2O2. The Morgan fingerprint density at radius 1 is 0.938 bits per heavy atom. The number of fused-ring (bicyclic) bond motifs is 1. The van der Waals surface area contributed by atoms with Gasteiger partial charge in [0.2, 0.25) is 11.8 Å². The molecule has 0 aliphatic heterocycles. The predicted molar refractivity (Wildman–Crippen MR) is 127 cm³/mol. The van der Waals surface area contributed by atoms with E-state index in [1.165, 1.54) is 11.0 Å². The number of nitrogens with one attached hydrogen (secondary N) is 1. The molecule has 0 aliphatic rings. The van der Waals surface area contributed by atoms with Crippen LogP contribution in [0, 0.1) is 5.82 Å². The molecule has 0 saturated heterocycles. The summed E-state index contributed by atoms with van der Waals surface area (Å²) in [6, 6.07) is 19.8. The van der Waals surface area contributed by atoms with Gasteiger partial charge in [0.05, 0.1) is 0 Å². The molecule has 1 N–H and O–H groups in total. The molecule has 0 radical (unpaired) electrons. The number of nitrogens with zero attached hydrogens (tertiary/aromatic N) is 1. The number of benzene rings is 3. The van der Waals surface area contributed by atoms with Gasteiger partial charge in [-0.1, -0.05) is 67.6 Å². The molecule has 3 aromatic rings. The van der Waals surface area contributed by atoms with Gasteiger partial charge < -0.3 is 10.2 Å². The number of rotatable bonds is 9. The molecule has 0 saturated carbocycles. The van der Waals surface area contributed by atoms with Crippen LogP contribution in [0.3, 0.4) is 0 Å². The molecule has 2 atom stereocenters. The maximum absolute atomic E-state index is 14.3.